The van der Waals surface area contributed by atoms with Crippen molar-refractivity contribution in [2.75, 3.05) is 11.3 Å². The van der Waals surface area contributed by atoms with Gasteiger partial charge in [0.25, 0.3) is 15.9 Å². The highest BCUT2D eigenvalue weighted by Gasteiger charge is 2.18. The smallest absolute Gasteiger partial charge is 0.322 e. The summed E-state index contributed by atoms with van der Waals surface area (Å²) in [6, 6.07) is 19.8. The summed E-state index contributed by atoms with van der Waals surface area (Å²) in [6.07, 6.45) is 0. The molecule has 7 nitrogen and oxygen atoms in total. The summed E-state index contributed by atoms with van der Waals surface area (Å²) in [5.74, 6) is -1.78. The monoisotopic (exact) mass is 442 g/mol. The molecule has 0 aliphatic rings. The van der Waals surface area contributed by atoms with E-state index < -0.39 is 28.4 Å². The molecule has 30 heavy (non-hydrogen) atoms. The lowest BCUT2D eigenvalue weighted by Gasteiger charge is -2.13. The third-order valence-corrected chi connectivity index (χ3v) is 6.06. The number of benzene rings is 3. The molecular formula is C21H18N2O5S2. The van der Waals surface area contributed by atoms with Gasteiger partial charge in [0.15, 0.2) is 0 Å². The fourth-order valence-electron chi connectivity index (χ4n) is 2.72. The third-order valence-electron chi connectivity index (χ3n) is 4.19. The van der Waals surface area contributed by atoms with Gasteiger partial charge in [0.2, 0.25) is 0 Å². The van der Waals surface area contributed by atoms with Gasteiger partial charge >= 0.3 is 5.97 Å². The molecular weight excluding hydrogens is 424 g/mol. The number of amides is 1. The largest absolute Gasteiger partial charge is 0.480 e. The standard InChI is InChI=1S/C21H18N2O5S2/c24-19(25)13-22-21(26)15-9-11-16(12-10-15)30(27,28)23-18-8-4-7-17(20(18)29)14-5-2-1-3-6-14/h1-12,23,29H,13H2,(H,22,26)(H,24,25). The fourth-order valence-corrected chi connectivity index (χ4v) is 4.21. The van der Waals surface area contributed by atoms with Gasteiger partial charge in [-0.05, 0) is 41.5 Å². The summed E-state index contributed by atoms with van der Waals surface area (Å²) < 4.78 is 28.1. The van der Waals surface area contributed by atoms with Crippen molar-refractivity contribution in [3.05, 3.63) is 78.4 Å². The van der Waals surface area contributed by atoms with Gasteiger partial charge < -0.3 is 10.4 Å². The summed E-state index contributed by atoms with van der Waals surface area (Å²) in [4.78, 5) is 22.8. The minimum Gasteiger partial charge on any atom is -0.480 e. The molecule has 0 spiro atoms. The highest BCUT2D eigenvalue weighted by atomic mass is 32.2. The van der Waals surface area contributed by atoms with Crippen LogP contribution in [0.2, 0.25) is 0 Å². The first-order valence-electron chi connectivity index (χ1n) is 8.78. The lowest BCUT2D eigenvalue weighted by molar-refractivity contribution is -0.135. The Kier molecular flexibility index (Phi) is 6.43. The first-order valence-corrected chi connectivity index (χ1v) is 10.7. The fraction of sp³-hybridized carbons (Fsp3) is 0.0476. The molecule has 0 saturated heterocycles. The highest BCUT2D eigenvalue weighted by molar-refractivity contribution is 7.92. The van der Waals surface area contributed by atoms with E-state index in [0.29, 0.717) is 10.6 Å². The van der Waals surface area contributed by atoms with Crippen LogP contribution in [0.4, 0.5) is 5.69 Å². The Morgan fingerprint density at radius 2 is 1.57 bits per heavy atom. The van der Waals surface area contributed by atoms with Crippen molar-refractivity contribution in [3.63, 3.8) is 0 Å². The zero-order valence-corrected chi connectivity index (χ0v) is 17.3. The number of carboxylic acids is 1. The number of sulfonamides is 1. The van der Waals surface area contributed by atoms with Gasteiger partial charge in [0.05, 0.1) is 10.6 Å². The molecule has 0 bridgehead atoms. The lowest BCUT2D eigenvalue weighted by Crippen LogP contribution is -2.29. The summed E-state index contributed by atoms with van der Waals surface area (Å²) in [6.45, 7) is -0.525. The zero-order valence-electron chi connectivity index (χ0n) is 15.6. The second-order valence-electron chi connectivity index (χ2n) is 6.27. The molecule has 3 N–H and O–H groups in total. The summed E-state index contributed by atoms with van der Waals surface area (Å²) in [5, 5.41) is 10.8. The number of carbonyl (C=O) groups is 2. The number of anilines is 1. The highest BCUT2D eigenvalue weighted by Crippen LogP contribution is 2.33. The van der Waals surface area contributed by atoms with Gasteiger partial charge in [-0.2, -0.15) is 0 Å². The Morgan fingerprint density at radius 3 is 2.20 bits per heavy atom. The van der Waals surface area contributed by atoms with Crippen molar-refractivity contribution < 1.29 is 23.1 Å². The minimum absolute atomic E-state index is 0.0462. The molecule has 9 heteroatoms. The van der Waals surface area contributed by atoms with Gasteiger partial charge in [0.1, 0.15) is 6.54 Å². The number of carboxylic acid groups (broad SMARTS) is 1. The van der Waals surface area contributed by atoms with Crippen LogP contribution in [-0.4, -0.2) is 31.9 Å². The van der Waals surface area contributed by atoms with E-state index in [1.165, 1.54) is 24.3 Å². The lowest BCUT2D eigenvalue weighted by atomic mass is 10.1. The SMILES string of the molecule is O=C(O)CNC(=O)c1ccc(S(=O)(=O)Nc2cccc(-c3ccccc3)c2S)cc1. The molecule has 0 aliphatic carbocycles. The van der Waals surface area contributed by atoms with Gasteiger partial charge in [-0.3, -0.25) is 14.3 Å². The molecule has 0 atom stereocenters. The van der Waals surface area contributed by atoms with Crippen LogP contribution in [0.25, 0.3) is 11.1 Å². The van der Waals surface area contributed by atoms with Crippen molar-refractivity contribution in [3.8, 4) is 11.1 Å². The number of hydrogen-bond donors (Lipinski definition) is 4. The molecule has 0 aliphatic heterocycles. The number of aliphatic carboxylic acids is 1. The van der Waals surface area contributed by atoms with Gasteiger partial charge in [-0.1, -0.05) is 42.5 Å². The molecule has 3 aromatic rings. The number of thiol groups is 1. The summed E-state index contributed by atoms with van der Waals surface area (Å²) in [7, 11) is -3.93. The van der Waals surface area contributed by atoms with Crippen molar-refractivity contribution in [1.29, 1.82) is 0 Å². The summed E-state index contributed by atoms with van der Waals surface area (Å²) in [5.41, 5.74) is 2.16. The molecule has 1 amide bonds. The first-order chi connectivity index (χ1) is 14.3. The van der Waals surface area contributed by atoms with Gasteiger partial charge in [-0.15, -0.1) is 12.6 Å². The molecule has 0 unspecified atom stereocenters. The zero-order chi connectivity index (χ0) is 21.7. The summed E-state index contributed by atoms with van der Waals surface area (Å²) >= 11 is 4.50. The van der Waals surface area contributed by atoms with Crippen molar-refractivity contribution in [1.82, 2.24) is 5.32 Å². The minimum atomic E-state index is -3.93. The van der Waals surface area contributed by atoms with Crippen molar-refractivity contribution >= 4 is 40.2 Å². The van der Waals surface area contributed by atoms with Crippen LogP contribution in [0.5, 0.6) is 0 Å². The van der Waals surface area contributed by atoms with E-state index in [0.717, 1.165) is 11.1 Å². The Morgan fingerprint density at radius 1 is 0.900 bits per heavy atom. The number of hydrogen-bond acceptors (Lipinski definition) is 5. The maximum Gasteiger partial charge on any atom is 0.322 e. The molecule has 0 heterocycles. The average molecular weight is 443 g/mol. The molecule has 0 radical (unpaired) electrons. The van der Waals surface area contributed by atoms with Crippen LogP contribution in [0.3, 0.4) is 0 Å². The van der Waals surface area contributed by atoms with E-state index in [-0.39, 0.29) is 10.5 Å². The van der Waals surface area contributed by atoms with Crippen LogP contribution in [0, 0.1) is 0 Å². The third kappa shape index (κ3) is 5.00. The normalized spacial score (nSPS) is 11.0. The maximum absolute atomic E-state index is 12.8. The Bertz CT molecular complexity index is 1180. The molecule has 3 aromatic carbocycles. The second kappa shape index (κ2) is 9.02. The number of rotatable bonds is 7. The predicted octanol–water partition coefficient (Wildman–Crippen LogP) is 3.26. The Labute approximate surface area is 179 Å². The Balaban J connectivity index is 1.82. The molecule has 0 saturated carbocycles. The van der Waals surface area contributed by atoms with Crippen molar-refractivity contribution in [2.45, 2.75) is 9.79 Å². The van der Waals surface area contributed by atoms with Crippen molar-refractivity contribution in [2.24, 2.45) is 0 Å². The van der Waals surface area contributed by atoms with Crippen LogP contribution in [0.1, 0.15) is 10.4 Å². The molecule has 0 fully saturated rings. The van der Waals surface area contributed by atoms with E-state index in [9.17, 15) is 18.0 Å². The molecule has 3 rings (SSSR count). The average Bonchev–Trinajstić information content (AvgIpc) is 2.74. The van der Waals surface area contributed by atoms with E-state index in [1.54, 1.807) is 12.1 Å². The van der Waals surface area contributed by atoms with E-state index in [4.69, 9.17) is 5.11 Å². The van der Waals surface area contributed by atoms with E-state index in [1.807, 2.05) is 36.4 Å². The molecule has 0 aromatic heterocycles. The van der Waals surface area contributed by atoms with Crippen LogP contribution in [-0.2, 0) is 14.8 Å². The van der Waals surface area contributed by atoms with E-state index in [2.05, 4.69) is 22.7 Å². The number of carbonyl (C=O) groups excluding carboxylic acids is 1. The first kappa shape index (κ1) is 21.4. The predicted molar refractivity (Wildman–Crippen MR) is 116 cm³/mol. The van der Waals surface area contributed by atoms with Crippen LogP contribution < -0.4 is 10.0 Å². The Hall–Kier alpha value is -3.30. The molecule has 154 valence electrons. The van der Waals surface area contributed by atoms with Gasteiger partial charge in [0, 0.05) is 10.5 Å². The van der Waals surface area contributed by atoms with Crippen LogP contribution in [0.15, 0.2) is 82.6 Å². The maximum atomic E-state index is 12.8. The van der Waals surface area contributed by atoms with E-state index >= 15 is 0 Å². The topological polar surface area (TPSA) is 113 Å². The quantitative estimate of drug-likeness (QED) is 0.420. The van der Waals surface area contributed by atoms with Crippen LogP contribution >= 0.6 is 12.6 Å². The second-order valence-corrected chi connectivity index (χ2v) is 8.40. The van der Waals surface area contributed by atoms with Gasteiger partial charge in [-0.25, -0.2) is 8.42 Å². The number of nitrogens with one attached hydrogen (secondary N) is 2.